The fraction of sp³-hybridized carbons (Fsp3) is 0.500. The van der Waals surface area contributed by atoms with Crippen molar-refractivity contribution in [3.05, 3.63) is 23.0 Å². The Morgan fingerprint density at radius 3 is 2.68 bits per heavy atom. The van der Waals surface area contributed by atoms with Gasteiger partial charge >= 0.3 is 0 Å². The standard InChI is InChI=1S/C14H19N3O2/c1-5-10(6-2)16-13(18)11-7-8(3)15-14-12(11)9(4)17-19-14/h7,10H,5-6H2,1-4H3,(H,16,18). The highest BCUT2D eigenvalue weighted by atomic mass is 16.5. The Hall–Kier alpha value is -1.91. The quantitative estimate of drug-likeness (QED) is 0.918. The SMILES string of the molecule is CCC(CC)NC(=O)c1cc(C)nc2onc(C)c12. The average Bonchev–Trinajstić information content (AvgIpc) is 2.76. The van der Waals surface area contributed by atoms with Gasteiger partial charge in [0.1, 0.15) is 0 Å². The van der Waals surface area contributed by atoms with Crippen LogP contribution in [0.2, 0.25) is 0 Å². The van der Waals surface area contributed by atoms with Crippen LogP contribution in [0.3, 0.4) is 0 Å². The van der Waals surface area contributed by atoms with Crippen LogP contribution in [0.1, 0.15) is 48.4 Å². The minimum absolute atomic E-state index is 0.0875. The van der Waals surface area contributed by atoms with Gasteiger partial charge in [-0.15, -0.1) is 0 Å². The summed E-state index contributed by atoms with van der Waals surface area (Å²) in [6, 6.07) is 1.97. The van der Waals surface area contributed by atoms with Crippen LogP contribution in [-0.2, 0) is 0 Å². The molecule has 2 aromatic rings. The van der Waals surface area contributed by atoms with E-state index in [1.807, 2.05) is 13.8 Å². The second kappa shape index (κ2) is 5.38. The molecule has 0 aliphatic rings. The highest BCUT2D eigenvalue weighted by Crippen LogP contribution is 2.22. The average molecular weight is 261 g/mol. The number of nitrogens with one attached hydrogen (secondary N) is 1. The summed E-state index contributed by atoms with van der Waals surface area (Å²) >= 11 is 0. The Kier molecular flexibility index (Phi) is 3.83. The van der Waals surface area contributed by atoms with Crippen LogP contribution in [0, 0.1) is 13.8 Å². The van der Waals surface area contributed by atoms with Gasteiger partial charge < -0.3 is 9.84 Å². The van der Waals surface area contributed by atoms with E-state index < -0.39 is 0 Å². The highest BCUT2D eigenvalue weighted by Gasteiger charge is 2.19. The Morgan fingerprint density at radius 2 is 2.05 bits per heavy atom. The van der Waals surface area contributed by atoms with E-state index in [1.54, 1.807) is 6.07 Å². The first-order valence-corrected chi connectivity index (χ1v) is 6.61. The van der Waals surface area contributed by atoms with Crippen molar-refractivity contribution in [1.82, 2.24) is 15.5 Å². The van der Waals surface area contributed by atoms with Gasteiger partial charge in [-0.05, 0) is 32.8 Å². The maximum atomic E-state index is 12.4. The number of hydrogen-bond donors (Lipinski definition) is 1. The number of aryl methyl sites for hydroxylation is 2. The summed E-state index contributed by atoms with van der Waals surface area (Å²) in [7, 11) is 0. The van der Waals surface area contributed by atoms with E-state index in [9.17, 15) is 4.79 Å². The molecule has 0 saturated heterocycles. The Labute approximate surface area is 112 Å². The van der Waals surface area contributed by atoms with Crippen molar-refractivity contribution in [2.75, 3.05) is 0 Å². The van der Waals surface area contributed by atoms with Gasteiger partial charge in [0.05, 0.1) is 16.6 Å². The number of nitrogens with zero attached hydrogens (tertiary/aromatic N) is 2. The maximum absolute atomic E-state index is 12.4. The molecule has 0 fully saturated rings. The third kappa shape index (κ3) is 2.59. The molecule has 0 aliphatic heterocycles. The van der Waals surface area contributed by atoms with Crippen LogP contribution >= 0.6 is 0 Å². The summed E-state index contributed by atoms with van der Waals surface area (Å²) in [5.74, 6) is -0.0875. The first-order chi connectivity index (χ1) is 9.06. The first kappa shape index (κ1) is 13.5. The van der Waals surface area contributed by atoms with Gasteiger partial charge in [0.2, 0.25) is 0 Å². The number of aromatic nitrogens is 2. The van der Waals surface area contributed by atoms with E-state index in [2.05, 4.69) is 29.3 Å². The normalized spacial score (nSPS) is 11.2. The third-order valence-electron chi connectivity index (χ3n) is 3.31. The molecule has 0 unspecified atom stereocenters. The number of fused-ring (bicyclic) bond motifs is 1. The molecule has 102 valence electrons. The number of rotatable bonds is 4. The van der Waals surface area contributed by atoms with E-state index in [-0.39, 0.29) is 11.9 Å². The van der Waals surface area contributed by atoms with Gasteiger partial charge in [0, 0.05) is 11.7 Å². The van der Waals surface area contributed by atoms with E-state index >= 15 is 0 Å². The summed E-state index contributed by atoms with van der Waals surface area (Å²) in [5, 5.41) is 7.62. The van der Waals surface area contributed by atoms with Crippen LogP contribution in [0.25, 0.3) is 11.1 Å². The summed E-state index contributed by atoms with van der Waals surface area (Å²) in [5.41, 5.74) is 2.45. The highest BCUT2D eigenvalue weighted by molar-refractivity contribution is 6.06. The number of amides is 1. The van der Waals surface area contributed by atoms with Crippen LogP contribution in [0.15, 0.2) is 10.6 Å². The molecule has 1 amide bonds. The van der Waals surface area contributed by atoms with Crippen molar-refractivity contribution in [3.8, 4) is 0 Å². The molecule has 2 aromatic heterocycles. The zero-order valence-electron chi connectivity index (χ0n) is 11.8. The summed E-state index contributed by atoms with van der Waals surface area (Å²) in [4.78, 5) is 16.6. The second-order valence-corrected chi connectivity index (χ2v) is 4.75. The molecule has 2 rings (SSSR count). The lowest BCUT2D eigenvalue weighted by atomic mass is 10.1. The van der Waals surface area contributed by atoms with Crippen molar-refractivity contribution in [1.29, 1.82) is 0 Å². The molecule has 5 nitrogen and oxygen atoms in total. The molecular weight excluding hydrogens is 242 g/mol. The minimum Gasteiger partial charge on any atom is -0.349 e. The number of carbonyl (C=O) groups excluding carboxylic acids is 1. The van der Waals surface area contributed by atoms with Crippen LogP contribution in [-0.4, -0.2) is 22.1 Å². The van der Waals surface area contributed by atoms with Gasteiger partial charge in [-0.1, -0.05) is 19.0 Å². The zero-order valence-corrected chi connectivity index (χ0v) is 11.8. The fourth-order valence-corrected chi connectivity index (χ4v) is 2.15. The van der Waals surface area contributed by atoms with E-state index in [1.165, 1.54) is 0 Å². The molecule has 2 heterocycles. The van der Waals surface area contributed by atoms with Crippen molar-refractivity contribution in [2.24, 2.45) is 0 Å². The Morgan fingerprint density at radius 1 is 1.37 bits per heavy atom. The molecule has 0 spiro atoms. The monoisotopic (exact) mass is 261 g/mol. The number of carbonyl (C=O) groups is 1. The summed E-state index contributed by atoms with van der Waals surface area (Å²) in [6.07, 6.45) is 1.83. The lowest BCUT2D eigenvalue weighted by Gasteiger charge is -2.15. The van der Waals surface area contributed by atoms with Crippen molar-refractivity contribution < 1.29 is 9.32 Å². The number of hydrogen-bond acceptors (Lipinski definition) is 4. The molecule has 0 atom stereocenters. The number of pyridine rings is 1. The summed E-state index contributed by atoms with van der Waals surface area (Å²) in [6.45, 7) is 7.78. The van der Waals surface area contributed by atoms with Crippen LogP contribution < -0.4 is 5.32 Å². The van der Waals surface area contributed by atoms with E-state index in [0.29, 0.717) is 22.4 Å². The smallest absolute Gasteiger partial charge is 0.258 e. The minimum atomic E-state index is -0.0875. The molecule has 0 bridgehead atoms. The molecule has 0 aromatic carbocycles. The molecule has 0 radical (unpaired) electrons. The molecule has 5 heteroatoms. The molecular formula is C14H19N3O2. The van der Waals surface area contributed by atoms with Gasteiger partial charge in [-0.3, -0.25) is 4.79 Å². The van der Waals surface area contributed by atoms with Crippen molar-refractivity contribution in [2.45, 2.75) is 46.6 Å². The van der Waals surface area contributed by atoms with Crippen LogP contribution in [0.5, 0.6) is 0 Å². The molecule has 0 aliphatic carbocycles. The van der Waals surface area contributed by atoms with Gasteiger partial charge in [-0.2, -0.15) is 0 Å². The lowest BCUT2D eigenvalue weighted by molar-refractivity contribution is 0.0936. The Bertz CT molecular complexity index is 600. The van der Waals surface area contributed by atoms with Crippen molar-refractivity contribution in [3.63, 3.8) is 0 Å². The van der Waals surface area contributed by atoms with E-state index in [0.717, 1.165) is 18.5 Å². The molecule has 19 heavy (non-hydrogen) atoms. The Balaban J connectivity index is 2.43. The van der Waals surface area contributed by atoms with Gasteiger partial charge in [0.25, 0.3) is 11.6 Å². The first-order valence-electron chi connectivity index (χ1n) is 6.61. The van der Waals surface area contributed by atoms with Gasteiger partial charge in [-0.25, -0.2) is 4.98 Å². The van der Waals surface area contributed by atoms with Gasteiger partial charge in [0.15, 0.2) is 0 Å². The predicted octanol–water partition coefficient (Wildman–Crippen LogP) is 2.76. The van der Waals surface area contributed by atoms with E-state index in [4.69, 9.17) is 4.52 Å². The largest absolute Gasteiger partial charge is 0.349 e. The lowest BCUT2D eigenvalue weighted by Crippen LogP contribution is -2.34. The van der Waals surface area contributed by atoms with Crippen LogP contribution in [0.4, 0.5) is 0 Å². The zero-order chi connectivity index (χ0) is 14.0. The second-order valence-electron chi connectivity index (χ2n) is 4.75. The summed E-state index contributed by atoms with van der Waals surface area (Å²) < 4.78 is 5.14. The maximum Gasteiger partial charge on any atom is 0.258 e. The van der Waals surface area contributed by atoms with Crippen molar-refractivity contribution >= 4 is 17.0 Å². The third-order valence-corrected chi connectivity index (χ3v) is 3.31. The molecule has 0 saturated carbocycles. The topological polar surface area (TPSA) is 68.0 Å². The predicted molar refractivity (Wildman–Crippen MR) is 73.1 cm³/mol. The fourth-order valence-electron chi connectivity index (χ4n) is 2.15. The molecule has 1 N–H and O–H groups in total.